The Kier molecular flexibility index (Phi) is 8.48. The van der Waals surface area contributed by atoms with Crippen molar-refractivity contribution in [3.8, 4) is 11.5 Å². The average molecular weight is 443 g/mol. The van der Waals surface area contributed by atoms with E-state index >= 15 is 0 Å². The molecule has 2 aromatic rings. The van der Waals surface area contributed by atoms with Crippen LogP contribution in [0.2, 0.25) is 0 Å². The zero-order valence-electron chi connectivity index (χ0n) is 17.9. The van der Waals surface area contributed by atoms with Gasteiger partial charge in [-0.1, -0.05) is 31.2 Å². The van der Waals surface area contributed by atoms with E-state index in [-0.39, 0.29) is 18.1 Å². The number of nitrogens with two attached hydrogens (primary N) is 1. The van der Waals surface area contributed by atoms with E-state index in [0.29, 0.717) is 11.1 Å². The molecule has 0 amide bonds. The number of carbonyl (C=O) groups is 4. The second-order valence-electron chi connectivity index (χ2n) is 7.23. The monoisotopic (exact) mass is 443 g/mol. The van der Waals surface area contributed by atoms with Crippen LogP contribution in [0.3, 0.4) is 0 Å². The summed E-state index contributed by atoms with van der Waals surface area (Å²) in [5.41, 5.74) is 6.72. The quantitative estimate of drug-likeness (QED) is 0.441. The molecule has 2 aromatic carbocycles. The number of aliphatic carboxylic acids is 1. The molecule has 2 unspecified atom stereocenters. The largest absolute Gasteiger partial charge is 0.480 e. The van der Waals surface area contributed by atoms with Crippen molar-refractivity contribution in [2.75, 3.05) is 6.61 Å². The van der Waals surface area contributed by atoms with Gasteiger partial charge in [-0.15, -0.1) is 0 Å². The van der Waals surface area contributed by atoms with Gasteiger partial charge >= 0.3 is 23.9 Å². The number of carboxylic acids is 1. The van der Waals surface area contributed by atoms with Crippen LogP contribution in [-0.2, 0) is 19.1 Å². The zero-order chi connectivity index (χ0) is 23.8. The first kappa shape index (κ1) is 24.5. The van der Waals surface area contributed by atoms with Crippen molar-refractivity contribution in [3.63, 3.8) is 0 Å². The normalized spacial score (nSPS) is 13.4. The Labute approximate surface area is 185 Å². The summed E-state index contributed by atoms with van der Waals surface area (Å²) in [6, 6.07) is 11.3. The molecule has 0 bridgehead atoms. The van der Waals surface area contributed by atoms with Gasteiger partial charge in [0, 0.05) is 19.8 Å². The lowest BCUT2D eigenvalue weighted by molar-refractivity contribution is -0.139. The van der Waals surface area contributed by atoms with Gasteiger partial charge in [0.05, 0.1) is 12.2 Å². The number of benzene rings is 2. The van der Waals surface area contributed by atoms with Crippen LogP contribution in [0.15, 0.2) is 48.5 Å². The first-order valence-corrected chi connectivity index (χ1v) is 9.81. The van der Waals surface area contributed by atoms with E-state index in [1.807, 2.05) is 0 Å². The fourth-order valence-electron chi connectivity index (χ4n) is 3.22. The number of rotatable bonds is 9. The van der Waals surface area contributed by atoms with Gasteiger partial charge in [-0.3, -0.25) is 14.4 Å². The highest BCUT2D eigenvalue weighted by Gasteiger charge is 2.32. The van der Waals surface area contributed by atoms with Crippen molar-refractivity contribution in [1.82, 2.24) is 0 Å². The Hall–Kier alpha value is -3.72. The molecule has 0 aliphatic carbocycles. The lowest BCUT2D eigenvalue weighted by atomic mass is 9.82. The number of hydrogen-bond acceptors (Lipinski definition) is 8. The topological polar surface area (TPSA) is 142 Å². The van der Waals surface area contributed by atoms with Crippen molar-refractivity contribution in [2.24, 2.45) is 11.7 Å². The van der Waals surface area contributed by atoms with Crippen LogP contribution in [0.25, 0.3) is 0 Å². The molecule has 0 heterocycles. The van der Waals surface area contributed by atoms with Gasteiger partial charge in [0.15, 0.2) is 11.5 Å². The minimum atomic E-state index is -1.34. The Morgan fingerprint density at radius 2 is 1.53 bits per heavy atom. The van der Waals surface area contributed by atoms with Gasteiger partial charge < -0.3 is 25.1 Å². The SMILES string of the molecule is CC(=O)Oc1ccc(C(C(C)COC(=O)c2ccccc2)[C@H](N)C(=O)O)cc1OC(C)=O. The number of ether oxygens (including phenoxy) is 3. The van der Waals surface area contributed by atoms with Crippen LogP contribution < -0.4 is 15.2 Å². The molecule has 3 atom stereocenters. The van der Waals surface area contributed by atoms with Crippen molar-refractivity contribution in [3.05, 3.63) is 59.7 Å². The third kappa shape index (κ3) is 6.64. The summed E-state index contributed by atoms with van der Waals surface area (Å²) in [5, 5.41) is 9.52. The highest BCUT2D eigenvalue weighted by Crippen LogP contribution is 2.35. The van der Waals surface area contributed by atoms with Gasteiger partial charge in [0.1, 0.15) is 6.04 Å². The fourth-order valence-corrected chi connectivity index (χ4v) is 3.22. The molecule has 9 heteroatoms. The van der Waals surface area contributed by atoms with Gasteiger partial charge in [0.2, 0.25) is 0 Å². The molecule has 9 nitrogen and oxygen atoms in total. The molecule has 170 valence electrons. The highest BCUT2D eigenvalue weighted by molar-refractivity contribution is 5.89. The number of carboxylic acid groups (broad SMARTS) is 1. The third-order valence-electron chi connectivity index (χ3n) is 4.63. The zero-order valence-corrected chi connectivity index (χ0v) is 17.9. The number of carbonyl (C=O) groups excluding carboxylic acids is 3. The van der Waals surface area contributed by atoms with Crippen molar-refractivity contribution in [2.45, 2.75) is 32.7 Å². The summed E-state index contributed by atoms with van der Waals surface area (Å²) < 4.78 is 15.5. The predicted molar refractivity (Wildman–Crippen MR) is 113 cm³/mol. The summed E-state index contributed by atoms with van der Waals surface area (Å²) in [6.07, 6.45) is 0. The Balaban J connectivity index is 2.32. The second-order valence-corrected chi connectivity index (χ2v) is 7.23. The third-order valence-corrected chi connectivity index (χ3v) is 4.63. The maximum Gasteiger partial charge on any atom is 0.338 e. The Morgan fingerprint density at radius 3 is 2.09 bits per heavy atom. The Bertz CT molecular complexity index is 989. The van der Waals surface area contributed by atoms with Crippen LogP contribution in [0.4, 0.5) is 0 Å². The first-order chi connectivity index (χ1) is 15.1. The van der Waals surface area contributed by atoms with Crippen LogP contribution in [0, 0.1) is 5.92 Å². The summed E-state index contributed by atoms with van der Waals surface area (Å²) in [6.45, 7) is 3.96. The molecular weight excluding hydrogens is 418 g/mol. The molecule has 0 saturated heterocycles. The summed E-state index contributed by atoms with van der Waals surface area (Å²) >= 11 is 0. The Morgan fingerprint density at radius 1 is 0.938 bits per heavy atom. The lowest BCUT2D eigenvalue weighted by Crippen LogP contribution is -2.40. The van der Waals surface area contributed by atoms with E-state index < -0.39 is 41.8 Å². The summed E-state index contributed by atoms with van der Waals surface area (Å²) in [5.74, 6) is -4.45. The maximum atomic E-state index is 12.3. The molecule has 0 spiro atoms. The van der Waals surface area contributed by atoms with E-state index in [9.17, 15) is 24.3 Å². The molecule has 0 radical (unpaired) electrons. The average Bonchev–Trinajstić information content (AvgIpc) is 2.73. The first-order valence-electron chi connectivity index (χ1n) is 9.81. The summed E-state index contributed by atoms with van der Waals surface area (Å²) in [7, 11) is 0. The van der Waals surface area contributed by atoms with Crippen LogP contribution >= 0.6 is 0 Å². The van der Waals surface area contributed by atoms with E-state index in [0.717, 1.165) is 0 Å². The van der Waals surface area contributed by atoms with Crippen molar-refractivity contribution < 1.29 is 38.5 Å². The molecule has 0 aromatic heterocycles. The maximum absolute atomic E-state index is 12.3. The van der Waals surface area contributed by atoms with Gasteiger partial charge in [0.25, 0.3) is 0 Å². The van der Waals surface area contributed by atoms with Crippen molar-refractivity contribution >= 4 is 23.9 Å². The minimum Gasteiger partial charge on any atom is -0.480 e. The second kappa shape index (κ2) is 11.1. The minimum absolute atomic E-state index is 0.00209. The van der Waals surface area contributed by atoms with Gasteiger partial charge in [-0.05, 0) is 35.7 Å². The standard InChI is InChI=1S/C23H25NO8/c1-13(12-30-23(29)16-7-5-4-6-8-16)20(21(24)22(27)28)17-9-10-18(31-14(2)25)19(11-17)32-15(3)26/h4-11,13,20-21H,12,24H2,1-3H3,(H,27,28)/t13?,20?,21-/m0/s1. The molecule has 0 aliphatic heterocycles. The highest BCUT2D eigenvalue weighted by atomic mass is 16.6. The van der Waals surface area contributed by atoms with E-state index in [4.69, 9.17) is 19.9 Å². The van der Waals surface area contributed by atoms with E-state index in [1.54, 1.807) is 37.3 Å². The smallest absolute Gasteiger partial charge is 0.338 e. The fraction of sp³-hybridized carbons (Fsp3) is 0.304. The van der Waals surface area contributed by atoms with Crippen LogP contribution in [0.5, 0.6) is 11.5 Å². The van der Waals surface area contributed by atoms with Crippen LogP contribution in [-0.4, -0.2) is 41.6 Å². The molecule has 0 fully saturated rings. The molecule has 3 N–H and O–H groups in total. The number of hydrogen-bond donors (Lipinski definition) is 2. The van der Waals surface area contributed by atoms with Crippen molar-refractivity contribution in [1.29, 1.82) is 0 Å². The molecule has 0 aliphatic rings. The molecule has 0 saturated carbocycles. The lowest BCUT2D eigenvalue weighted by Gasteiger charge is -2.28. The van der Waals surface area contributed by atoms with E-state index in [1.165, 1.54) is 32.0 Å². The predicted octanol–water partition coefficient (Wildman–Crippen LogP) is 2.53. The van der Waals surface area contributed by atoms with Crippen LogP contribution in [0.1, 0.15) is 42.6 Å². The number of esters is 3. The molecule has 32 heavy (non-hydrogen) atoms. The van der Waals surface area contributed by atoms with Gasteiger partial charge in [-0.25, -0.2) is 4.79 Å². The molecule has 2 rings (SSSR count). The van der Waals surface area contributed by atoms with E-state index in [2.05, 4.69) is 0 Å². The molecular formula is C23H25NO8. The summed E-state index contributed by atoms with van der Waals surface area (Å²) in [4.78, 5) is 46.7. The van der Waals surface area contributed by atoms with Gasteiger partial charge in [-0.2, -0.15) is 0 Å².